The maximum absolute atomic E-state index is 11.1. The Balaban J connectivity index is 0.00000280. The third-order valence-electron chi connectivity index (χ3n) is 4.72. The highest BCUT2D eigenvalue weighted by atomic mass is 127. The molecule has 8 nitrogen and oxygen atoms in total. The van der Waals surface area contributed by atoms with Gasteiger partial charge in [-0.2, -0.15) is 0 Å². The first-order valence-corrected chi connectivity index (χ1v) is 9.28. The fourth-order valence-corrected chi connectivity index (χ4v) is 3.31. The second kappa shape index (κ2) is 11.1. The van der Waals surface area contributed by atoms with Crippen LogP contribution in [0, 0.1) is 0 Å². The van der Waals surface area contributed by atoms with E-state index >= 15 is 0 Å². The second-order valence-electron chi connectivity index (χ2n) is 6.56. The molecule has 2 aromatic rings. The van der Waals surface area contributed by atoms with E-state index in [1.807, 2.05) is 12.1 Å². The summed E-state index contributed by atoms with van der Waals surface area (Å²) in [7, 11) is 1.72. The first kappa shape index (κ1) is 22.3. The zero-order valence-electron chi connectivity index (χ0n) is 16.0. The molecule has 1 saturated heterocycles. The number of likely N-dealkylation sites (tertiary alicyclic amines) is 1. The van der Waals surface area contributed by atoms with Crippen LogP contribution in [0.4, 0.5) is 0 Å². The van der Waals surface area contributed by atoms with Gasteiger partial charge in [-0.25, -0.2) is 0 Å². The summed E-state index contributed by atoms with van der Waals surface area (Å²) in [6.07, 6.45) is 5.43. The Hall–Kier alpha value is -2.01. The number of hydrogen-bond acceptors (Lipinski definition) is 5. The smallest absolute Gasteiger partial charge is 0.284 e. The largest absolute Gasteiger partial charge is 0.468 e. The third kappa shape index (κ3) is 5.99. The lowest BCUT2D eigenvalue weighted by atomic mass is 10.1. The van der Waals surface area contributed by atoms with Crippen molar-refractivity contribution in [1.82, 2.24) is 15.5 Å². The Morgan fingerprint density at radius 3 is 2.64 bits per heavy atom. The molecule has 1 unspecified atom stereocenters. The Morgan fingerprint density at radius 2 is 2.04 bits per heavy atom. The second-order valence-corrected chi connectivity index (χ2v) is 6.56. The number of nitrogens with zero attached hydrogens (tertiary/aromatic N) is 2. The van der Waals surface area contributed by atoms with Crippen molar-refractivity contribution in [2.75, 3.05) is 26.7 Å². The van der Waals surface area contributed by atoms with Gasteiger partial charge in [-0.3, -0.25) is 14.7 Å². The molecule has 1 aliphatic rings. The molecule has 0 radical (unpaired) electrons. The molecule has 0 bridgehead atoms. The first-order valence-electron chi connectivity index (χ1n) is 9.28. The Labute approximate surface area is 181 Å². The number of carbonyl (C=O) groups is 1. The minimum Gasteiger partial charge on any atom is -0.468 e. The van der Waals surface area contributed by atoms with Crippen LogP contribution in [-0.4, -0.2) is 43.4 Å². The molecule has 3 heterocycles. The molecule has 1 amide bonds. The fraction of sp³-hybridized carbons (Fsp3) is 0.474. The summed E-state index contributed by atoms with van der Waals surface area (Å²) < 4.78 is 11.0. The zero-order valence-corrected chi connectivity index (χ0v) is 18.3. The lowest BCUT2D eigenvalue weighted by Gasteiger charge is -2.33. The van der Waals surface area contributed by atoms with Crippen LogP contribution in [0.3, 0.4) is 0 Å². The van der Waals surface area contributed by atoms with Crippen molar-refractivity contribution in [3.05, 3.63) is 47.8 Å². The van der Waals surface area contributed by atoms with E-state index in [0.717, 1.165) is 18.8 Å². The quantitative estimate of drug-likeness (QED) is 0.306. The summed E-state index contributed by atoms with van der Waals surface area (Å²) in [5.41, 5.74) is 5.20. The van der Waals surface area contributed by atoms with Crippen molar-refractivity contribution in [2.24, 2.45) is 10.7 Å². The van der Waals surface area contributed by atoms with Gasteiger partial charge in [0, 0.05) is 13.6 Å². The minimum atomic E-state index is -0.577. The van der Waals surface area contributed by atoms with Gasteiger partial charge in [0.2, 0.25) is 0 Å². The van der Waals surface area contributed by atoms with Crippen LogP contribution < -0.4 is 16.4 Å². The Kier molecular flexibility index (Phi) is 8.84. The van der Waals surface area contributed by atoms with E-state index in [1.54, 1.807) is 25.4 Å². The van der Waals surface area contributed by atoms with Crippen molar-refractivity contribution in [3.8, 4) is 0 Å². The van der Waals surface area contributed by atoms with Crippen LogP contribution >= 0.6 is 24.0 Å². The molecule has 1 atom stereocenters. The van der Waals surface area contributed by atoms with Gasteiger partial charge in [-0.15, -0.1) is 24.0 Å². The monoisotopic (exact) mass is 501 g/mol. The van der Waals surface area contributed by atoms with Crippen molar-refractivity contribution in [3.63, 3.8) is 0 Å². The van der Waals surface area contributed by atoms with Crippen LogP contribution in [0.5, 0.6) is 0 Å². The molecule has 0 spiro atoms. The van der Waals surface area contributed by atoms with Crippen LogP contribution in [-0.2, 0) is 6.54 Å². The number of amides is 1. The average molecular weight is 501 g/mol. The van der Waals surface area contributed by atoms with Gasteiger partial charge in [0.1, 0.15) is 11.5 Å². The van der Waals surface area contributed by atoms with E-state index in [9.17, 15) is 4.79 Å². The standard InChI is InChI=1S/C19H27N5O3.HI/c1-21-19(22-12-14-7-8-17(27-14)18(20)25)23-13-15(16-6-5-11-26-16)24-9-3-2-4-10-24;/h5-8,11,15H,2-4,9-10,12-13H2,1H3,(H2,20,25)(H2,21,22,23);1H. The topological polar surface area (TPSA) is 109 Å². The van der Waals surface area contributed by atoms with Crippen LogP contribution in [0.1, 0.15) is 47.4 Å². The summed E-state index contributed by atoms with van der Waals surface area (Å²) >= 11 is 0. The van der Waals surface area contributed by atoms with Gasteiger partial charge in [0.15, 0.2) is 11.7 Å². The number of furan rings is 2. The molecule has 1 fully saturated rings. The van der Waals surface area contributed by atoms with E-state index in [-0.39, 0.29) is 35.8 Å². The summed E-state index contributed by atoms with van der Waals surface area (Å²) in [6, 6.07) is 7.39. The molecule has 3 rings (SSSR count). The number of primary amides is 1. The molecular formula is C19H28IN5O3. The molecule has 154 valence electrons. The molecule has 0 saturated carbocycles. The molecule has 0 aromatic carbocycles. The average Bonchev–Trinajstić information content (AvgIpc) is 3.37. The van der Waals surface area contributed by atoms with Gasteiger partial charge in [-0.1, -0.05) is 6.42 Å². The molecule has 4 N–H and O–H groups in total. The predicted octanol–water partition coefficient (Wildman–Crippen LogP) is 2.48. The third-order valence-corrected chi connectivity index (χ3v) is 4.72. The molecule has 2 aromatic heterocycles. The zero-order chi connectivity index (χ0) is 19.1. The van der Waals surface area contributed by atoms with Gasteiger partial charge in [0.25, 0.3) is 5.91 Å². The maximum Gasteiger partial charge on any atom is 0.284 e. The highest BCUT2D eigenvalue weighted by Crippen LogP contribution is 2.24. The van der Waals surface area contributed by atoms with Gasteiger partial charge in [0.05, 0.1) is 18.8 Å². The number of aliphatic imine (C=N–C) groups is 1. The number of nitrogens with two attached hydrogens (primary N) is 1. The summed E-state index contributed by atoms with van der Waals surface area (Å²) in [5.74, 6) is 1.80. The summed E-state index contributed by atoms with van der Waals surface area (Å²) in [6.45, 7) is 3.22. The van der Waals surface area contributed by atoms with Crippen molar-refractivity contribution < 1.29 is 13.6 Å². The number of carbonyl (C=O) groups excluding carboxylic acids is 1. The number of halogens is 1. The molecule has 1 aliphatic heterocycles. The number of nitrogens with one attached hydrogen (secondary N) is 2. The lowest BCUT2D eigenvalue weighted by molar-refractivity contribution is 0.0972. The van der Waals surface area contributed by atoms with Crippen LogP contribution in [0.25, 0.3) is 0 Å². The van der Waals surface area contributed by atoms with E-state index in [4.69, 9.17) is 14.6 Å². The minimum absolute atomic E-state index is 0. The van der Waals surface area contributed by atoms with Gasteiger partial charge in [-0.05, 0) is 50.2 Å². The van der Waals surface area contributed by atoms with Gasteiger partial charge >= 0.3 is 0 Å². The molecule has 0 aliphatic carbocycles. The number of guanidine groups is 1. The first-order chi connectivity index (χ1) is 13.2. The van der Waals surface area contributed by atoms with Crippen LogP contribution in [0.2, 0.25) is 0 Å². The number of piperidine rings is 1. The normalized spacial score (nSPS) is 16.2. The van der Waals surface area contributed by atoms with Crippen LogP contribution in [0.15, 0.2) is 44.4 Å². The highest BCUT2D eigenvalue weighted by molar-refractivity contribution is 14.0. The molecule has 28 heavy (non-hydrogen) atoms. The fourth-order valence-electron chi connectivity index (χ4n) is 3.31. The maximum atomic E-state index is 11.1. The predicted molar refractivity (Wildman–Crippen MR) is 118 cm³/mol. The summed E-state index contributed by atoms with van der Waals surface area (Å²) in [4.78, 5) is 17.8. The number of hydrogen-bond donors (Lipinski definition) is 3. The van der Waals surface area contributed by atoms with Gasteiger partial charge < -0.3 is 25.2 Å². The Morgan fingerprint density at radius 1 is 1.25 bits per heavy atom. The lowest BCUT2D eigenvalue weighted by Crippen LogP contribution is -2.44. The van der Waals surface area contributed by atoms with E-state index in [1.165, 1.54) is 19.3 Å². The SMILES string of the molecule is CN=C(NCc1ccc(C(N)=O)o1)NCC(c1ccco1)N1CCCCC1.I. The summed E-state index contributed by atoms with van der Waals surface area (Å²) in [5, 5.41) is 6.54. The van der Waals surface area contributed by atoms with Crippen molar-refractivity contribution in [1.29, 1.82) is 0 Å². The Bertz CT molecular complexity index is 753. The number of rotatable bonds is 7. The van der Waals surface area contributed by atoms with Crippen molar-refractivity contribution in [2.45, 2.75) is 31.8 Å². The van der Waals surface area contributed by atoms with E-state index < -0.39 is 5.91 Å². The highest BCUT2D eigenvalue weighted by Gasteiger charge is 2.24. The molecule has 9 heteroatoms. The van der Waals surface area contributed by atoms with Crippen molar-refractivity contribution >= 4 is 35.8 Å². The van der Waals surface area contributed by atoms with E-state index in [0.29, 0.717) is 24.8 Å². The molecular weight excluding hydrogens is 473 g/mol. The van der Waals surface area contributed by atoms with E-state index in [2.05, 4.69) is 20.5 Å².